The van der Waals surface area contributed by atoms with Crippen molar-refractivity contribution in [2.45, 2.75) is 29.6 Å². The van der Waals surface area contributed by atoms with Crippen molar-refractivity contribution in [3.05, 3.63) is 48.2 Å². The van der Waals surface area contributed by atoms with Gasteiger partial charge in [0.05, 0.1) is 4.90 Å². The third-order valence-corrected chi connectivity index (χ3v) is 3.65. The van der Waals surface area contributed by atoms with Crippen LogP contribution in [0.1, 0.15) is 25.3 Å². The van der Waals surface area contributed by atoms with Gasteiger partial charge in [0.25, 0.3) is 0 Å². The SMILES string of the molecule is CC(C)c1ccc(Sc2cccnc2N)cc1. The molecule has 0 spiro atoms. The summed E-state index contributed by atoms with van der Waals surface area (Å²) in [4.78, 5) is 6.27. The summed E-state index contributed by atoms with van der Waals surface area (Å²) in [7, 11) is 0. The van der Waals surface area contributed by atoms with Gasteiger partial charge in [-0.3, -0.25) is 0 Å². The molecule has 0 radical (unpaired) electrons. The Hall–Kier alpha value is -1.48. The number of benzene rings is 1. The zero-order chi connectivity index (χ0) is 12.3. The summed E-state index contributed by atoms with van der Waals surface area (Å²) in [6, 6.07) is 12.5. The van der Waals surface area contributed by atoms with E-state index in [1.54, 1.807) is 18.0 Å². The molecule has 0 aliphatic heterocycles. The van der Waals surface area contributed by atoms with Crippen molar-refractivity contribution >= 4 is 17.6 Å². The highest BCUT2D eigenvalue weighted by Crippen LogP contribution is 2.31. The third-order valence-electron chi connectivity index (χ3n) is 2.57. The molecule has 0 atom stereocenters. The molecule has 0 amide bonds. The highest BCUT2D eigenvalue weighted by atomic mass is 32.2. The van der Waals surface area contributed by atoms with Gasteiger partial charge < -0.3 is 5.73 Å². The third kappa shape index (κ3) is 3.01. The molecule has 1 aromatic carbocycles. The van der Waals surface area contributed by atoms with Crippen LogP contribution in [0.4, 0.5) is 5.82 Å². The number of nitrogens with two attached hydrogens (primary N) is 1. The molecule has 17 heavy (non-hydrogen) atoms. The Morgan fingerprint density at radius 1 is 1.12 bits per heavy atom. The number of aromatic nitrogens is 1. The number of pyridine rings is 1. The molecule has 1 aromatic heterocycles. The van der Waals surface area contributed by atoms with E-state index in [0.29, 0.717) is 11.7 Å². The van der Waals surface area contributed by atoms with Crippen LogP contribution in [-0.2, 0) is 0 Å². The summed E-state index contributed by atoms with van der Waals surface area (Å²) in [5.41, 5.74) is 7.17. The Morgan fingerprint density at radius 3 is 2.41 bits per heavy atom. The zero-order valence-corrected chi connectivity index (χ0v) is 10.9. The van der Waals surface area contributed by atoms with E-state index < -0.39 is 0 Å². The molecule has 0 unspecified atom stereocenters. The highest BCUT2D eigenvalue weighted by Gasteiger charge is 2.03. The van der Waals surface area contributed by atoms with Crippen molar-refractivity contribution in [2.24, 2.45) is 0 Å². The molecular formula is C14H16N2S. The van der Waals surface area contributed by atoms with Crippen LogP contribution in [-0.4, -0.2) is 4.98 Å². The second kappa shape index (κ2) is 5.23. The largest absolute Gasteiger partial charge is 0.383 e. The van der Waals surface area contributed by atoms with Gasteiger partial charge in [-0.25, -0.2) is 4.98 Å². The van der Waals surface area contributed by atoms with Gasteiger partial charge in [0.15, 0.2) is 0 Å². The monoisotopic (exact) mass is 244 g/mol. The highest BCUT2D eigenvalue weighted by molar-refractivity contribution is 7.99. The predicted octanol–water partition coefficient (Wildman–Crippen LogP) is 3.94. The van der Waals surface area contributed by atoms with Crippen molar-refractivity contribution < 1.29 is 0 Å². The smallest absolute Gasteiger partial charge is 0.137 e. The summed E-state index contributed by atoms with van der Waals surface area (Å²) < 4.78 is 0. The number of rotatable bonds is 3. The number of nitrogen functional groups attached to an aromatic ring is 1. The number of hydrogen-bond donors (Lipinski definition) is 1. The maximum atomic E-state index is 5.81. The predicted molar refractivity (Wildman–Crippen MR) is 73.3 cm³/mol. The van der Waals surface area contributed by atoms with Gasteiger partial charge in [0.2, 0.25) is 0 Å². The first-order valence-electron chi connectivity index (χ1n) is 5.65. The molecule has 0 saturated carbocycles. The summed E-state index contributed by atoms with van der Waals surface area (Å²) in [5.74, 6) is 1.16. The molecule has 2 rings (SSSR count). The van der Waals surface area contributed by atoms with E-state index in [-0.39, 0.29) is 0 Å². The fourth-order valence-electron chi connectivity index (χ4n) is 1.54. The molecule has 2 nitrogen and oxygen atoms in total. The molecule has 0 aliphatic carbocycles. The first-order chi connectivity index (χ1) is 8.16. The van der Waals surface area contributed by atoms with Gasteiger partial charge in [-0.05, 0) is 35.7 Å². The Morgan fingerprint density at radius 2 is 1.82 bits per heavy atom. The van der Waals surface area contributed by atoms with Gasteiger partial charge in [0.1, 0.15) is 5.82 Å². The minimum atomic E-state index is 0.567. The average Bonchev–Trinajstić information content (AvgIpc) is 2.33. The second-order valence-electron chi connectivity index (χ2n) is 4.21. The second-order valence-corrected chi connectivity index (χ2v) is 5.33. The van der Waals surface area contributed by atoms with Gasteiger partial charge in [-0.2, -0.15) is 0 Å². The van der Waals surface area contributed by atoms with Crippen LogP contribution >= 0.6 is 11.8 Å². The van der Waals surface area contributed by atoms with Crippen molar-refractivity contribution in [3.8, 4) is 0 Å². The Balaban J connectivity index is 2.17. The quantitative estimate of drug-likeness (QED) is 0.888. The Bertz CT molecular complexity index is 492. The number of nitrogens with zero attached hydrogens (tertiary/aromatic N) is 1. The summed E-state index contributed by atoms with van der Waals surface area (Å²) in [6.45, 7) is 4.39. The van der Waals surface area contributed by atoms with Crippen LogP contribution in [0.3, 0.4) is 0 Å². The van der Waals surface area contributed by atoms with E-state index in [1.165, 1.54) is 10.5 Å². The maximum Gasteiger partial charge on any atom is 0.137 e. The first kappa shape index (κ1) is 12.0. The maximum absolute atomic E-state index is 5.81. The Labute approximate surface area is 106 Å². The molecule has 0 bridgehead atoms. The average molecular weight is 244 g/mol. The number of hydrogen-bond acceptors (Lipinski definition) is 3. The topological polar surface area (TPSA) is 38.9 Å². The van der Waals surface area contributed by atoms with Crippen LogP contribution in [0.15, 0.2) is 52.4 Å². The van der Waals surface area contributed by atoms with Gasteiger partial charge in [0, 0.05) is 11.1 Å². The normalized spacial score (nSPS) is 10.8. The van der Waals surface area contributed by atoms with E-state index in [2.05, 4.69) is 43.1 Å². The van der Waals surface area contributed by atoms with Crippen LogP contribution in [0, 0.1) is 0 Å². The van der Waals surface area contributed by atoms with E-state index >= 15 is 0 Å². The van der Waals surface area contributed by atoms with Crippen molar-refractivity contribution in [3.63, 3.8) is 0 Å². The van der Waals surface area contributed by atoms with Crippen molar-refractivity contribution in [1.29, 1.82) is 0 Å². The van der Waals surface area contributed by atoms with Crippen molar-refractivity contribution in [1.82, 2.24) is 4.98 Å². The van der Waals surface area contributed by atoms with Crippen molar-refractivity contribution in [2.75, 3.05) is 5.73 Å². The lowest BCUT2D eigenvalue weighted by Gasteiger charge is -2.07. The van der Waals surface area contributed by atoms with Crippen LogP contribution in [0.2, 0.25) is 0 Å². The fourth-order valence-corrected chi connectivity index (χ4v) is 2.37. The van der Waals surface area contributed by atoms with Gasteiger partial charge in [-0.15, -0.1) is 0 Å². The molecular weight excluding hydrogens is 228 g/mol. The lowest BCUT2D eigenvalue weighted by molar-refractivity contribution is 0.865. The van der Waals surface area contributed by atoms with E-state index in [1.807, 2.05) is 12.1 Å². The van der Waals surface area contributed by atoms with Crippen LogP contribution < -0.4 is 5.73 Å². The van der Waals surface area contributed by atoms with Gasteiger partial charge >= 0.3 is 0 Å². The zero-order valence-electron chi connectivity index (χ0n) is 10.1. The standard InChI is InChI=1S/C14H16N2S/c1-10(2)11-5-7-12(8-6-11)17-13-4-3-9-16-14(13)15/h3-10H,1-2H3,(H2,15,16). The number of anilines is 1. The van der Waals surface area contributed by atoms with Gasteiger partial charge in [-0.1, -0.05) is 37.7 Å². The molecule has 1 heterocycles. The van der Waals surface area contributed by atoms with Crippen LogP contribution in [0.5, 0.6) is 0 Å². The molecule has 0 aliphatic rings. The summed E-state index contributed by atoms with van der Waals surface area (Å²) in [5, 5.41) is 0. The molecule has 0 fully saturated rings. The first-order valence-corrected chi connectivity index (χ1v) is 6.47. The minimum Gasteiger partial charge on any atom is -0.383 e. The van der Waals surface area contributed by atoms with E-state index in [9.17, 15) is 0 Å². The van der Waals surface area contributed by atoms with E-state index in [0.717, 1.165) is 4.90 Å². The molecule has 2 aromatic rings. The summed E-state index contributed by atoms with van der Waals surface area (Å²) >= 11 is 1.65. The molecule has 88 valence electrons. The Kier molecular flexibility index (Phi) is 3.69. The van der Waals surface area contributed by atoms with Crippen LogP contribution in [0.25, 0.3) is 0 Å². The molecule has 0 saturated heterocycles. The lowest BCUT2D eigenvalue weighted by Crippen LogP contribution is -1.91. The molecule has 2 N–H and O–H groups in total. The van der Waals surface area contributed by atoms with E-state index in [4.69, 9.17) is 5.73 Å². The summed E-state index contributed by atoms with van der Waals surface area (Å²) in [6.07, 6.45) is 1.71. The molecule has 3 heteroatoms. The minimum absolute atomic E-state index is 0.567. The fraction of sp³-hybridized carbons (Fsp3) is 0.214. The lowest BCUT2D eigenvalue weighted by atomic mass is 10.0.